The van der Waals surface area contributed by atoms with Crippen molar-refractivity contribution in [1.82, 2.24) is 4.90 Å². The first-order valence-electron chi connectivity index (χ1n) is 12.4. The topological polar surface area (TPSA) is 113 Å². The number of amides is 2. The monoisotopic (exact) mass is 560 g/mol. The minimum Gasteiger partial charge on any atom is -0.503 e. The Morgan fingerprint density at radius 1 is 1.02 bits per heavy atom. The van der Waals surface area contributed by atoms with E-state index in [1.165, 1.54) is 60.9 Å². The highest BCUT2D eigenvalue weighted by molar-refractivity contribution is 6.31. The molecular weight excluding hydrogens is 532 g/mol. The number of benzene rings is 3. The smallest absolute Gasteiger partial charge is 0.335 e. The molecule has 0 radical (unpaired) electrons. The van der Waals surface area contributed by atoms with Gasteiger partial charge in [0.15, 0.2) is 5.78 Å². The fourth-order valence-corrected chi connectivity index (χ4v) is 4.08. The molecule has 1 atom stereocenters. The van der Waals surface area contributed by atoms with Gasteiger partial charge in [0.1, 0.15) is 6.04 Å². The van der Waals surface area contributed by atoms with Gasteiger partial charge in [-0.2, -0.15) is 0 Å². The summed E-state index contributed by atoms with van der Waals surface area (Å²) < 4.78 is 5.05. The maximum Gasteiger partial charge on any atom is 0.335 e. The molecule has 0 fully saturated rings. The van der Waals surface area contributed by atoms with E-state index >= 15 is 0 Å². The average Bonchev–Trinajstić information content (AvgIpc) is 2.96. The van der Waals surface area contributed by atoms with Gasteiger partial charge in [-0.05, 0) is 59.7 Å². The number of methoxy groups -OCH3 is 1. The molecule has 0 aliphatic carbocycles. The van der Waals surface area contributed by atoms with Crippen LogP contribution in [0.2, 0.25) is 5.02 Å². The molecule has 8 nitrogen and oxygen atoms in total. The third-order valence-corrected chi connectivity index (χ3v) is 6.20. The van der Waals surface area contributed by atoms with Gasteiger partial charge in [-0.3, -0.25) is 19.3 Å². The number of nitrogens with one attached hydrogen (secondary N) is 1. The van der Waals surface area contributed by atoms with Crippen LogP contribution in [0.3, 0.4) is 0 Å². The maximum absolute atomic E-state index is 13.6. The zero-order valence-electron chi connectivity index (χ0n) is 22.0. The zero-order valence-corrected chi connectivity index (χ0v) is 22.8. The molecule has 40 heavy (non-hydrogen) atoms. The largest absolute Gasteiger partial charge is 0.503 e. The fraction of sp³-hybridized carbons (Fsp3) is 0.161. The Balaban J connectivity index is 1.97. The Kier molecular flexibility index (Phi) is 10.8. The van der Waals surface area contributed by atoms with E-state index in [1.54, 1.807) is 25.1 Å². The summed E-state index contributed by atoms with van der Waals surface area (Å²) in [7, 11) is 1.42. The van der Waals surface area contributed by atoms with E-state index in [9.17, 15) is 19.2 Å². The van der Waals surface area contributed by atoms with E-state index in [1.807, 2.05) is 30.3 Å². The van der Waals surface area contributed by atoms with Gasteiger partial charge in [-0.25, -0.2) is 4.79 Å². The first-order chi connectivity index (χ1) is 19.2. The minimum absolute atomic E-state index is 0.0748. The van der Waals surface area contributed by atoms with Crippen LogP contribution in [-0.4, -0.2) is 46.7 Å². The summed E-state index contributed by atoms with van der Waals surface area (Å²) >= 11 is 6.14. The van der Waals surface area contributed by atoms with Crippen molar-refractivity contribution in [3.05, 3.63) is 119 Å². The van der Waals surface area contributed by atoms with Gasteiger partial charge in [0.25, 0.3) is 5.91 Å². The molecule has 0 aliphatic rings. The van der Waals surface area contributed by atoms with Crippen LogP contribution in [0.25, 0.3) is 6.08 Å². The number of carboxylic acids is 1. The number of Topliss-reactive ketones (excluding diaryl/α,β-unsaturated/α-hetero) is 1. The quantitative estimate of drug-likeness (QED) is 0.163. The van der Waals surface area contributed by atoms with Gasteiger partial charge in [0, 0.05) is 41.4 Å². The number of carbonyl (C=O) groups excluding carboxylic acids is 3. The lowest BCUT2D eigenvalue weighted by Gasteiger charge is -2.27. The molecule has 2 amide bonds. The van der Waals surface area contributed by atoms with Crippen LogP contribution in [0.15, 0.2) is 91.3 Å². The van der Waals surface area contributed by atoms with Crippen molar-refractivity contribution in [2.45, 2.75) is 25.8 Å². The van der Waals surface area contributed by atoms with E-state index in [-0.39, 0.29) is 24.2 Å². The third kappa shape index (κ3) is 8.15. The molecule has 0 saturated carbocycles. The van der Waals surface area contributed by atoms with E-state index in [0.717, 1.165) is 5.56 Å². The minimum atomic E-state index is -1.09. The molecule has 3 rings (SSSR count). The molecule has 2 N–H and O–H groups in total. The van der Waals surface area contributed by atoms with Crippen molar-refractivity contribution in [1.29, 1.82) is 0 Å². The van der Waals surface area contributed by atoms with Gasteiger partial charge in [0.05, 0.1) is 18.9 Å². The second kappa shape index (κ2) is 14.5. The van der Waals surface area contributed by atoms with Gasteiger partial charge >= 0.3 is 5.97 Å². The molecule has 206 valence electrons. The predicted octanol–water partition coefficient (Wildman–Crippen LogP) is 5.84. The van der Waals surface area contributed by atoms with Crippen LogP contribution >= 0.6 is 11.6 Å². The van der Waals surface area contributed by atoms with Gasteiger partial charge < -0.3 is 15.2 Å². The Labute approximate surface area is 237 Å². The van der Waals surface area contributed by atoms with Crippen molar-refractivity contribution >= 4 is 46.9 Å². The van der Waals surface area contributed by atoms with E-state index in [2.05, 4.69) is 5.32 Å². The number of rotatable bonds is 12. The number of ether oxygens (including phenoxy) is 1. The summed E-state index contributed by atoms with van der Waals surface area (Å²) in [5.74, 6) is -2.23. The molecule has 3 aromatic rings. The van der Waals surface area contributed by atoms with E-state index < -0.39 is 23.8 Å². The molecule has 0 aliphatic heterocycles. The molecule has 3 aromatic carbocycles. The van der Waals surface area contributed by atoms with Crippen LogP contribution in [0.1, 0.15) is 45.2 Å². The van der Waals surface area contributed by atoms with Crippen LogP contribution < -0.4 is 5.32 Å². The number of halogens is 1. The number of aromatic carboxylic acids is 1. The number of ketones is 1. The van der Waals surface area contributed by atoms with Crippen molar-refractivity contribution in [2.24, 2.45) is 0 Å². The Hall–Kier alpha value is -4.69. The highest BCUT2D eigenvalue weighted by Gasteiger charge is 2.28. The summed E-state index contributed by atoms with van der Waals surface area (Å²) in [5.41, 5.74) is 2.16. The summed E-state index contributed by atoms with van der Waals surface area (Å²) in [6.07, 6.45) is 5.86. The second-order valence-electron chi connectivity index (χ2n) is 8.69. The highest BCUT2D eigenvalue weighted by atomic mass is 35.5. The third-order valence-electron chi connectivity index (χ3n) is 5.96. The van der Waals surface area contributed by atoms with Crippen LogP contribution in [0.5, 0.6) is 0 Å². The molecule has 0 bridgehead atoms. The Morgan fingerprint density at radius 2 is 1.73 bits per heavy atom. The van der Waals surface area contributed by atoms with Crippen molar-refractivity contribution < 1.29 is 29.0 Å². The highest BCUT2D eigenvalue weighted by Crippen LogP contribution is 2.21. The van der Waals surface area contributed by atoms with Crippen LogP contribution in [0.4, 0.5) is 5.69 Å². The number of anilines is 1. The Morgan fingerprint density at radius 3 is 2.35 bits per heavy atom. The molecule has 0 heterocycles. The van der Waals surface area contributed by atoms with Crippen molar-refractivity contribution in [2.75, 3.05) is 12.4 Å². The molecule has 1 unspecified atom stereocenters. The van der Waals surface area contributed by atoms with Gasteiger partial charge in [0.2, 0.25) is 5.91 Å². The van der Waals surface area contributed by atoms with Crippen LogP contribution in [-0.2, 0) is 20.7 Å². The predicted molar refractivity (Wildman–Crippen MR) is 154 cm³/mol. The lowest BCUT2D eigenvalue weighted by Crippen LogP contribution is -2.45. The summed E-state index contributed by atoms with van der Waals surface area (Å²) in [4.78, 5) is 51.9. The summed E-state index contributed by atoms with van der Waals surface area (Å²) in [6.45, 7) is 1.74. The lowest BCUT2D eigenvalue weighted by atomic mass is 10.0. The van der Waals surface area contributed by atoms with E-state index in [0.29, 0.717) is 21.8 Å². The number of carboxylic acid groups (broad SMARTS) is 1. The summed E-state index contributed by atoms with van der Waals surface area (Å²) in [6, 6.07) is 18.7. The molecule has 0 saturated heterocycles. The Bertz CT molecular complexity index is 1420. The molecule has 9 heteroatoms. The number of carbonyl (C=O) groups is 4. The zero-order chi connectivity index (χ0) is 29.1. The van der Waals surface area contributed by atoms with Gasteiger partial charge in [-0.1, -0.05) is 48.9 Å². The average molecular weight is 561 g/mol. The SMILES string of the molecule is CCC(=O)c1ccc(Cl)cc1/C=C/C(=O)N(/C=C/OC)C(Cc1ccccc1)C(=O)Nc1ccc(C(=O)O)cc1. The summed E-state index contributed by atoms with van der Waals surface area (Å²) in [5, 5.41) is 12.3. The lowest BCUT2D eigenvalue weighted by molar-refractivity contribution is -0.131. The van der Waals surface area contributed by atoms with Crippen molar-refractivity contribution in [3.63, 3.8) is 0 Å². The molecule has 0 spiro atoms. The van der Waals surface area contributed by atoms with Crippen LogP contribution in [0, 0.1) is 0 Å². The second-order valence-corrected chi connectivity index (χ2v) is 9.12. The normalized spacial score (nSPS) is 11.8. The molecule has 0 aromatic heterocycles. The fourth-order valence-electron chi connectivity index (χ4n) is 3.90. The molecular formula is C31H29ClN2O6. The number of hydrogen-bond acceptors (Lipinski definition) is 5. The van der Waals surface area contributed by atoms with E-state index in [4.69, 9.17) is 21.4 Å². The first kappa shape index (κ1) is 29.9. The number of hydrogen-bond donors (Lipinski definition) is 2. The standard InChI is InChI=1S/C31H29ClN2O6/c1-3-28(35)26-15-12-24(32)20-23(26)11-16-29(36)34(17-18-40-2)27(19-21-7-5-4-6-8-21)30(37)33-25-13-9-22(10-14-25)31(38)39/h4-18,20,27H,3,19H2,1-2H3,(H,33,37)(H,38,39)/b16-11+,18-17+. The number of nitrogens with zero attached hydrogens (tertiary/aromatic N) is 1. The first-order valence-corrected chi connectivity index (χ1v) is 12.8. The van der Waals surface area contributed by atoms with Gasteiger partial charge in [-0.15, -0.1) is 0 Å². The maximum atomic E-state index is 13.6. The van der Waals surface area contributed by atoms with Crippen molar-refractivity contribution in [3.8, 4) is 0 Å².